The molecular weight excluding hydrogens is 130 g/mol. The summed E-state index contributed by atoms with van der Waals surface area (Å²) in [6.45, 7) is 0. The Balaban J connectivity index is 2.89. The van der Waals surface area contributed by atoms with Gasteiger partial charge in [-0.3, -0.25) is 0 Å². The third kappa shape index (κ3) is 1.48. The van der Waals surface area contributed by atoms with Crippen LogP contribution >= 0.6 is 0 Å². The van der Waals surface area contributed by atoms with Gasteiger partial charge in [0.05, 0.1) is 0 Å². The van der Waals surface area contributed by atoms with E-state index < -0.39 is 0 Å². The average Bonchev–Trinajstić information content (AvgIpc) is 1.95. The first-order valence-electron chi connectivity index (χ1n) is 2.83. The zero-order valence-corrected chi connectivity index (χ0v) is 5.24. The number of aromatic hydroxyl groups is 1. The Morgan fingerprint density at radius 1 is 1.30 bits per heavy atom. The molecule has 0 aliphatic carbocycles. The molecule has 2 N–H and O–H groups in total. The Morgan fingerprint density at radius 3 is 2.40 bits per heavy atom. The zero-order valence-electron chi connectivity index (χ0n) is 5.24. The van der Waals surface area contributed by atoms with E-state index in [0.717, 1.165) is 5.56 Å². The van der Waals surface area contributed by atoms with Crippen molar-refractivity contribution >= 4 is 6.21 Å². The lowest BCUT2D eigenvalue weighted by molar-refractivity contribution is -0.366. The van der Waals surface area contributed by atoms with Gasteiger partial charge >= 0.3 is 0 Å². The molecule has 0 heterocycles. The van der Waals surface area contributed by atoms with Crippen molar-refractivity contribution in [2.75, 3.05) is 0 Å². The fourth-order valence-electron chi connectivity index (χ4n) is 0.639. The molecule has 0 aromatic heterocycles. The third-order valence-electron chi connectivity index (χ3n) is 1.12. The minimum Gasteiger partial charge on any atom is -0.625 e. The molecule has 3 nitrogen and oxygen atoms in total. The number of hydrogen-bond donors (Lipinski definition) is 2. The highest BCUT2D eigenvalue weighted by Gasteiger charge is 1.88. The van der Waals surface area contributed by atoms with Crippen molar-refractivity contribution in [3.8, 4) is 5.75 Å². The molecule has 0 atom stereocenters. The fraction of sp³-hybridized carbons (Fsp3) is 0. The van der Waals surface area contributed by atoms with Crippen LogP contribution in [0.3, 0.4) is 0 Å². The summed E-state index contributed by atoms with van der Waals surface area (Å²) >= 11 is 0. The molecule has 1 aromatic rings. The minimum absolute atomic E-state index is 0.197. The average molecular weight is 137 g/mol. The minimum atomic E-state index is 0.197. The normalized spacial score (nSPS) is 10.4. The van der Waals surface area contributed by atoms with Crippen molar-refractivity contribution in [3.63, 3.8) is 0 Å². The van der Waals surface area contributed by atoms with Crippen LogP contribution in [0.5, 0.6) is 5.75 Å². The van der Waals surface area contributed by atoms with Crippen molar-refractivity contribution in [3.05, 3.63) is 35.0 Å². The molecule has 1 rings (SSSR count). The summed E-state index contributed by atoms with van der Waals surface area (Å²) in [6, 6.07) is 6.31. The summed E-state index contributed by atoms with van der Waals surface area (Å²) in [6.07, 6.45) is 1.30. The molecule has 0 unspecified atom stereocenters. The third-order valence-corrected chi connectivity index (χ3v) is 1.12. The van der Waals surface area contributed by atoms with Gasteiger partial charge in [0.2, 0.25) is 0 Å². The Bertz CT molecular complexity index is 228. The van der Waals surface area contributed by atoms with Crippen molar-refractivity contribution in [1.82, 2.24) is 0 Å². The molecule has 0 bridgehead atoms. The predicted molar refractivity (Wildman–Crippen MR) is 37.6 cm³/mol. The second kappa shape index (κ2) is 2.87. The van der Waals surface area contributed by atoms with E-state index in [9.17, 15) is 5.21 Å². The van der Waals surface area contributed by atoms with E-state index >= 15 is 0 Å². The van der Waals surface area contributed by atoms with E-state index in [1.807, 2.05) is 0 Å². The highest BCUT2D eigenvalue weighted by molar-refractivity contribution is 5.74. The molecule has 0 radical (unpaired) electrons. The van der Waals surface area contributed by atoms with Gasteiger partial charge < -0.3 is 10.3 Å². The molecule has 10 heavy (non-hydrogen) atoms. The van der Waals surface area contributed by atoms with Crippen LogP contribution in [-0.4, -0.2) is 11.3 Å². The first-order valence-corrected chi connectivity index (χ1v) is 2.83. The lowest BCUT2D eigenvalue weighted by Gasteiger charge is -1.89. The number of phenols is 1. The molecule has 0 fully saturated rings. The van der Waals surface area contributed by atoms with Crippen molar-refractivity contribution in [1.29, 1.82) is 0 Å². The Labute approximate surface area is 58.2 Å². The number of benzene rings is 1. The second-order valence-corrected chi connectivity index (χ2v) is 1.85. The van der Waals surface area contributed by atoms with Gasteiger partial charge in [0.25, 0.3) is 0 Å². The van der Waals surface area contributed by atoms with Crippen LogP contribution in [0, 0.1) is 5.21 Å². The Morgan fingerprint density at radius 2 is 1.90 bits per heavy atom. The van der Waals surface area contributed by atoms with E-state index in [2.05, 4.69) is 0 Å². The highest BCUT2D eigenvalue weighted by atomic mass is 16.4. The molecule has 0 saturated carbocycles. The van der Waals surface area contributed by atoms with Crippen molar-refractivity contribution in [2.45, 2.75) is 0 Å². The first kappa shape index (κ1) is 6.61. The largest absolute Gasteiger partial charge is 0.625 e. The molecule has 0 aliphatic heterocycles. The Kier molecular flexibility index (Phi) is 1.89. The monoisotopic (exact) mass is 137 g/mol. The van der Waals surface area contributed by atoms with E-state index in [1.165, 1.54) is 18.3 Å². The summed E-state index contributed by atoms with van der Waals surface area (Å²) in [5.41, 5.74) is 0.743. The van der Waals surface area contributed by atoms with Gasteiger partial charge in [0.15, 0.2) is 6.21 Å². The van der Waals surface area contributed by atoms with Crippen LogP contribution < -0.4 is 5.16 Å². The quantitative estimate of drug-likeness (QED) is 0.308. The van der Waals surface area contributed by atoms with Crippen LogP contribution in [0.15, 0.2) is 24.3 Å². The fourth-order valence-corrected chi connectivity index (χ4v) is 0.639. The zero-order chi connectivity index (χ0) is 7.40. The maximum Gasteiger partial charge on any atom is 0.179 e. The van der Waals surface area contributed by atoms with E-state index in [0.29, 0.717) is 0 Å². The van der Waals surface area contributed by atoms with E-state index in [-0.39, 0.29) is 5.75 Å². The number of hydrogen-bond acceptors (Lipinski definition) is 2. The van der Waals surface area contributed by atoms with Crippen LogP contribution in [0.25, 0.3) is 0 Å². The molecule has 0 saturated heterocycles. The van der Waals surface area contributed by atoms with Crippen LogP contribution in [0.1, 0.15) is 5.56 Å². The van der Waals surface area contributed by atoms with Gasteiger partial charge in [-0.05, 0) is 24.3 Å². The van der Waals surface area contributed by atoms with E-state index in [1.54, 1.807) is 17.3 Å². The molecule has 0 amide bonds. The number of phenolic OH excluding ortho intramolecular Hbond substituents is 1. The van der Waals surface area contributed by atoms with Crippen LogP contribution in [-0.2, 0) is 0 Å². The lowest BCUT2D eigenvalue weighted by atomic mass is 10.2. The molecule has 0 aliphatic rings. The summed E-state index contributed by atoms with van der Waals surface area (Å²) in [5.74, 6) is 0.197. The summed E-state index contributed by atoms with van der Waals surface area (Å²) < 4.78 is 0. The van der Waals surface area contributed by atoms with Gasteiger partial charge in [-0.15, -0.1) is 0 Å². The maximum absolute atomic E-state index is 9.82. The topological polar surface area (TPSA) is 57.3 Å². The van der Waals surface area contributed by atoms with Gasteiger partial charge in [-0.2, -0.15) is 0 Å². The first-order chi connectivity index (χ1) is 4.83. The highest BCUT2D eigenvalue weighted by Crippen LogP contribution is 2.06. The standard InChI is InChI=1S/C7H7NO2/c9-7-3-1-6(2-4-7)5-8-10/h1-5,8H,(H-,9,10). The van der Waals surface area contributed by atoms with Crippen molar-refractivity contribution in [2.24, 2.45) is 0 Å². The van der Waals surface area contributed by atoms with Gasteiger partial charge in [0.1, 0.15) is 5.75 Å². The molecule has 0 spiro atoms. The van der Waals surface area contributed by atoms with Gasteiger partial charge in [-0.25, -0.2) is 5.16 Å². The van der Waals surface area contributed by atoms with Gasteiger partial charge in [-0.1, -0.05) is 0 Å². The molecule has 52 valence electrons. The smallest absolute Gasteiger partial charge is 0.179 e. The van der Waals surface area contributed by atoms with Crippen LogP contribution in [0.2, 0.25) is 0 Å². The number of nitrogens with one attached hydrogen (secondary N) is 1. The van der Waals surface area contributed by atoms with Gasteiger partial charge in [0, 0.05) is 5.56 Å². The molecule has 3 heteroatoms. The predicted octanol–water partition coefficient (Wildman–Crippen LogP) is -0.611. The summed E-state index contributed by atoms with van der Waals surface area (Å²) in [4.78, 5) is 0. The lowest BCUT2D eigenvalue weighted by Crippen LogP contribution is -2.60. The number of rotatable bonds is 1. The summed E-state index contributed by atoms with van der Waals surface area (Å²) in [5, 5.41) is 20.3. The van der Waals surface area contributed by atoms with Crippen LogP contribution in [0.4, 0.5) is 0 Å². The Hall–Kier alpha value is -1.51. The maximum atomic E-state index is 9.82. The molecule has 1 aromatic carbocycles. The second-order valence-electron chi connectivity index (χ2n) is 1.85. The SMILES string of the molecule is [O-][NH+]=Cc1ccc(O)cc1. The molecular formula is C7H7NO2. The van der Waals surface area contributed by atoms with E-state index in [4.69, 9.17) is 5.11 Å². The summed E-state index contributed by atoms with van der Waals surface area (Å²) in [7, 11) is 0. The van der Waals surface area contributed by atoms with Crippen molar-refractivity contribution < 1.29 is 10.3 Å².